The summed E-state index contributed by atoms with van der Waals surface area (Å²) in [7, 11) is 0. The maximum atomic E-state index is 2.32. The van der Waals surface area contributed by atoms with Crippen molar-refractivity contribution >= 4 is 32.1 Å². The number of rotatable bonds is 1. The highest BCUT2D eigenvalue weighted by atomic mass is 32.1. The number of thiophene rings is 2. The molecule has 0 radical (unpaired) electrons. The molecule has 0 nitrogen and oxygen atoms in total. The Balaban J connectivity index is 2.26. The lowest BCUT2D eigenvalue weighted by Crippen LogP contribution is -1.84. The van der Waals surface area contributed by atoms with Crippen molar-refractivity contribution in [2.75, 3.05) is 0 Å². The second-order valence-electron chi connectivity index (χ2n) is 4.03. The van der Waals surface area contributed by atoms with Gasteiger partial charge in [-0.25, -0.2) is 0 Å². The van der Waals surface area contributed by atoms with Crippen LogP contribution >= 0.6 is 22.7 Å². The van der Waals surface area contributed by atoms with E-state index in [0.717, 1.165) is 0 Å². The van der Waals surface area contributed by atoms with Gasteiger partial charge in [0.2, 0.25) is 0 Å². The van der Waals surface area contributed by atoms with Gasteiger partial charge in [0.15, 0.2) is 0 Å². The van der Waals surface area contributed by atoms with Crippen molar-refractivity contribution in [3.8, 4) is 10.4 Å². The van der Waals surface area contributed by atoms with Crippen molar-refractivity contribution in [3.63, 3.8) is 0 Å². The van der Waals surface area contributed by atoms with Gasteiger partial charge in [0.05, 0.1) is 0 Å². The number of hydrogen-bond acceptors (Lipinski definition) is 2. The van der Waals surface area contributed by atoms with E-state index in [1.165, 1.54) is 31.0 Å². The van der Waals surface area contributed by atoms with Gasteiger partial charge in [-0.15, -0.1) is 22.7 Å². The predicted octanol–water partition coefficient (Wildman–Crippen LogP) is 5.25. The van der Waals surface area contributed by atoms with E-state index < -0.39 is 0 Å². The van der Waals surface area contributed by atoms with Crippen LogP contribution in [0.25, 0.3) is 19.8 Å². The minimum atomic E-state index is 1.37. The highest BCUT2D eigenvalue weighted by Gasteiger charge is 2.09. The molecule has 0 aliphatic rings. The topological polar surface area (TPSA) is 0 Å². The lowest BCUT2D eigenvalue weighted by Gasteiger charge is -2.06. The Kier molecular flexibility index (Phi) is 2.34. The van der Waals surface area contributed by atoms with E-state index in [1.54, 1.807) is 0 Å². The molecule has 3 aromatic rings. The van der Waals surface area contributed by atoms with Gasteiger partial charge in [-0.3, -0.25) is 0 Å². The molecule has 0 aliphatic heterocycles. The van der Waals surface area contributed by atoms with Crippen molar-refractivity contribution in [1.29, 1.82) is 0 Å². The van der Waals surface area contributed by atoms with Crippen molar-refractivity contribution in [2.45, 2.75) is 13.8 Å². The van der Waals surface area contributed by atoms with E-state index in [-0.39, 0.29) is 0 Å². The largest absolute Gasteiger partial charge is 0.143 e. The summed E-state index contributed by atoms with van der Waals surface area (Å²) in [5.74, 6) is 0. The van der Waals surface area contributed by atoms with Gasteiger partial charge in [0, 0.05) is 14.3 Å². The first kappa shape index (κ1) is 10.1. The molecule has 0 spiro atoms. The van der Waals surface area contributed by atoms with Gasteiger partial charge in [-0.05, 0) is 48.1 Å². The minimum absolute atomic E-state index is 1.37. The number of fused-ring (bicyclic) bond motifs is 1. The Morgan fingerprint density at radius 2 is 1.69 bits per heavy atom. The number of hydrogen-bond donors (Lipinski definition) is 0. The molecule has 2 heteroatoms. The summed E-state index contributed by atoms with van der Waals surface area (Å²) >= 11 is 3.72. The van der Waals surface area contributed by atoms with E-state index in [2.05, 4.69) is 49.6 Å². The van der Waals surface area contributed by atoms with E-state index in [0.29, 0.717) is 0 Å². The second kappa shape index (κ2) is 3.72. The fraction of sp³-hybridized carbons (Fsp3) is 0.143. The zero-order chi connectivity index (χ0) is 11.1. The molecular weight excluding hydrogens is 232 g/mol. The van der Waals surface area contributed by atoms with Crippen molar-refractivity contribution in [1.82, 2.24) is 0 Å². The van der Waals surface area contributed by atoms with Crippen LogP contribution in [0.3, 0.4) is 0 Å². The molecule has 0 fully saturated rings. The third-order valence-corrected chi connectivity index (χ3v) is 4.98. The first-order valence-corrected chi connectivity index (χ1v) is 6.99. The molecule has 0 saturated heterocycles. The normalized spacial score (nSPS) is 11.1. The minimum Gasteiger partial charge on any atom is -0.143 e. The fourth-order valence-corrected chi connectivity index (χ4v) is 4.38. The standard InChI is InChI=1S/C14H12S2/c1-9-4-3-5-10(2)14(9)13-8-12-11(16-13)6-7-15-12/h3-8H,1-2H3. The van der Waals surface area contributed by atoms with Gasteiger partial charge in [0.1, 0.15) is 0 Å². The van der Waals surface area contributed by atoms with Crippen LogP contribution in [0.5, 0.6) is 0 Å². The van der Waals surface area contributed by atoms with Crippen molar-refractivity contribution in [2.24, 2.45) is 0 Å². The third kappa shape index (κ3) is 1.49. The highest BCUT2D eigenvalue weighted by molar-refractivity contribution is 7.28. The Labute approximate surface area is 103 Å². The van der Waals surface area contributed by atoms with Crippen molar-refractivity contribution in [3.05, 3.63) is 46.8 Å². The van der Waals surface area contributed by atoms with E-state index in [9.17, 15) is 0 Å². The summed E-state index contributed by atoms with van der Waals surface area (Å²) in [6.45, 7) is 4.38. The van der Waals surface area contributed by atoms with Crippen molar-refractivity contribution < 1.29 is 0 Å². The SMILES string of the molecule is Cc1cccc(C)c1-c1cc2sccc2s1. The monoisotopic (exact) mass is 244 g/mol. The molecule has 0 saturated carbocycles. The van der Waals surface area contributed by atoms with Crippen LogP contribution in [0.2, 0.25) is 0 Å². The number of aryl methyl sites for hydroxylation is 2. The lowest BCUT2D eigenvalue weighted by molar-refractivity contribution is 1.39. The molecule has 0 amide bonds. The second-order valence-corrected chi connectivity index (χ2v) is 6.06. The molecule has 2 aromatic heterocycles. The zero-order valence-electron chi connectivity index (χ0n) is 9.28. The summed E-state index contributed by atoms with van der Waals surface area (Å²) in [5.41, 5.74) is 4.15. The molecule has 0 bridgehead atoms. The molecule has 1 aromatic carbocycles. The molecule has 16 heavy (non-hydrogen) atoms. The van der Waals surface area contributed by atoms with Gasteiger partial charge in [-0.1, -0.05) is 18.2 Å². The molecule has 0 atom stereocenters. The van der Waals surface area contributed by atoms with Gasteiger partial charge >= 0.3 is 0 Å². The van der Waals surface area contributed by atoms with Crippen LogP contribution in [0.4, 0.5) is 0 Å². The zero-order valence-corrected chi connectivity index (χ0v) is 10.9. The van der Waals surface area contributed by atoms with Crippen LogP contribution in [0.15, 0.2) is 35.7 Å². The van der Waals surface area contributed by atoms with Gasteiger partial charge in [-0.2, -0.15) is 0 Å². The summed E-state index contributed by atoms with van der Waals surface area (Å²) in [6.07, 6.45) is 0. The molecule has 80 valence electrons. The van der Waals surface area contributed by atoms with Crippen LogP contribution in [0, 0.1) is 13.8 Å². The van der Waals surface area contributed by atoms with Crippen LogP contribution < -0.4 is 0 Å². The third-order valence-electron chi connectivity index (χ3n) is 2.87. The summed E-state index contributed by atoms with van der Waals surface area (Å²) in [6, 6.07) is 11.0. The highest BCUT2D eigenvalue weighted by Crippen LogP contribution is 2.38. The summed E-state index contributed by atoms with van der Waals surface area (Å²) < 4.78 is 2.81. The number of benzene rings is 1. The van der Waals surface area contributed by atoms with E-state index in [1.807, 2.05) is 22.7 Å². The van der Waals surface area contributed by atoms with Crippen LogP contribution in [0.1, 0.15) is 11.1 Å². The molecule has 3 rings (SSSR count). The average Bonchev–Trinajstić information content (AvgIpc) is 2.77. The molecule has 0 aliphatic carbocycles. The molecular formula is C14H12S2. The average molecular weight is 244 g/mol. The van der Waals surface area contributed by atoms with E-state index >= 15 is 0 Å². The van der Waals surface area contributed by atoms with Gasteiger partial charge < -0.3 is 0 Å². The van der Waals surface area contributed by atoms with Crippen LogP contribution in [-0.4, -0.2) is 0 Å². The molecule has 0 unspecified atom stereocenters. The first-order chi connectivity index (χ1) is 7.75. The molecule has 0 N–H and O–H groups in total. The first-order valence-electron chi connectivity index (χ1n) is 5.29. The Hall–Kier alpha value is -1.12. The molecule has 2 heterocycles. The maximum Gasteiger partial charge on any atom is 0.0457 e. The maximum absolute atomic E-state index is 2.32. The fourth-order valence-electron chi connectivity index (χ4n) is 2.09. The summed E-state index contributed by atoms with van der Waals surface area (Å²) in [5, 5.41) is 2.16. The van der Waals surface area contributed by atoms with Crippen LogP contribution in [-0.2, 0) is 0 Å². The van der Waals surface area contributed by atoms with E-state index in [4.69, 9.17) is 0 Å². The predicted molar refractivity (Wildman–Crippen MR) is 74.6 cm³/mol. The Morgan fingerprint density at radius 1 is 0.938 bits per heavy atom. The quantitative estimate of drug-likeness (QED) is 0.548. The lowest BCUT2D eigenvalue weighted by atomic mass is 10.0. The Morgan fingerprint density at radius 3 is 2.38 bits per heavy atom. The smallest absolute Gasteiger partial charge is 0.0457 e. The summed E-state index contributed by atoms with van der Waals surface area (Å²) in [4.78, 5) is 1.40. The van der Waals surface area contributed by atoms with Gasteiger partial charge in [0.25, 0.3) is 0 Å². The Bertz CT molecular complexity index is 595.